The number of carbonyl (C=O) groups excluding carboxylic acids is 1. The van der Waals surface area contributed by atoms with Crippen molar-refractivity contribution in [2.45, 2.75) is 33.1 Å². The number of ether oxygens (including phenoxy) is 3. The highest BCUT2D eigenvalue weighted by molar-refractivity contribution is 6.37. The molecular formula is C28H29Cl2NO4. The zero-order valence-electron chi connectivity index (χ0n) is 20.5. The maximum atomic E-state index is 13.2. The topological polar surface area (TPSA) is 57.7 Å². The van der Waals surface area contributed by atoms with Crippen LogP contribution in [0.1, 0.15) is 48.9 Å². The van der Waals surface area contributed by atoms with Crippen molar-refractivity contribution in [1.29, 1.82) is 0 Å². The second-order valence-electron chi connectivity index (χ2n) is 8.58. The highest BCUT2D eigenvalue weighted by atomic mass is 35.5. The van der Waals surface area contributed by atoms with Crippen LogP contribution >= 0.6 is 23.2 Å². The molecule has 0 saturated heterocycles. The normalized spacial score (nSPS) is 12.4. The molecule has 0 aliphatic rings. The van der Waals surface area contributed by atoms with E-state index in [2.05, 4.69) is 31.0 Å². The Morgan fingerprint density at radius 3 is 2.14 bits per heavy atom. The van der Waals surface area contributed by atoms with Gasteiger partial charge in [0, 0.05) is 23.5 Å². The number of hydrogen-bond donors (Lipinski definition) is 0. The minimum absolute atomic E-state index is 0.272. The predicted octanol–water partition coefficient (Wildman–Crippen LogP) is 7.45. The zero-order chi connectivity index (χ0) is 25.5. The van der Waals surface area contributed by atoms with Gasteiger partial charge in [0.25, 0.3) is 0 Å². The van der Waals surface area contributed by atoms with Crippen molar-refractivity contribution in [3.05, 3.63) is 87.2 Å². The lowest BCUT2D eigenvalue weighted by atomic mass is 9.97. The van der Waals surface area contributed by atoms with E-state index in [0.29, 0.717) is 38.6 Å². The molecule has 0 saturated carbocycles. The Morgan fingerprint density at radius 1 is 0.943 bits per heavy atom. The van der Waals surface area contributed by atoms with E-state index in [4.69, 9.17) is 37.4 Å². The quantitative estimate of drug-likeness (QED) is 0.219. The average Bonchev–Trinajstić information content (AvgIpc) is 2.84. The summed E-state index contributed by atoms with van der Waals surface area (Å²) in [6.07, 6.45) is 5.58. The summed E-state index contributed by atoms with van der Waals surface area (Å²) in [5, 5.41) is 0.667. The van der Waals surface area contributed by atoms with E-state index in [-0.39, 0.29) is 5.76 Å². The summed E-state index contributed by atoms with van der Waals surface area (Å²) in [4.78, 5) is 17.2. The van der Waals surface area contributed by atoms with Crippen LogP contribution in [0.5, 0.6) is 11.5 Å². The van der Waals surface area contributed by atoms with Crippen molar-refractivity contribution in [3.8, 4) is 11.5 Å². The standard InChI is InChI=1S/C28H29Cl2NO4/c1-17(2)12-19-6-8-20(9-7-19)18(3)28(32)35-26(14-22-23(29)15-31-16-24(22)30)21-10-11-25(33-4)27(13-21)34-5/h6-11,13-18H,12H2,1-5H3/b26-14+. The second-order valence-corrected chi connectivity index (χ2v) is 9.39. The monoisotopic (exact) mass is 513 g/mol. The van der Waals surface area contributed by atoms with Gasteiger partial charge in [0.1, 0.15) is 5.76 Å². The number of benzene rings is 2. The Bertz CT molecular complexity index is 1190. The third kappa shape index (κ3) is 6.77. The van der Waals surface area contributed by atoms with E-state index >= 15 is 0 Å². The van der Waals surface area contributed by atoms with E-state index in [1.165, 1.54) is 18.0 Å². The lowest BCUT2D eigenvalue weighted by Crippen LogP contribution is -2.13. The fraction of sp³-hybridized carbons (Fsp3) is 0.286. The Hall–Kier alpha value is -3.02. The van der Waals surface area contributed by atoms with Gasteiger partial charge in [-0.3, -0.25) is 9.78 Å². The van der Waals surface area contributed by atoms with Crippen LogP contribution in [0.25, 0.3) is 11.8 Å². The summed E-state index contributed by atoms with van der Waals surface area (Å²) >= 11 is 12.7. The van der Waals surface area contributed by atoms with E-state index in [9.17, 15) is 4.79 Å². The average molecular weight is 514 g/mol. The third-order valence-electron chi connectivity index (χ3n) is 5.52. The molecule has 0 N–H and O–H groups in total. The molecule has 2 aromatic carbocycles. The largest absolute Gasteiger partial charge is 0.493 e. The number of nitrogens with zero attached hydrogens (tertiary/aromatic N) is 1. The van der Waals surface area contributed by atoms with Crippen molar-refractivity contribution in [3.63, 3.8) is 0 Å². The fourth-order valence-corrected chi connectivity index (χ4v) is 4.07. The molecule has 1 atom stereocenters. The van der Waals surface area contributed by atoms with Gasteiger partial charge in [-0.2, -0.15) is 0 Å². The first-order valence-corrected chi connectivity index (χ1v) is 12.0. The van der Waals surface area contributed by atoms with Crippen molar-refractivity contribution >= 4 is 41.0 Å². The number of aromatic nitrogens is 1. The third-order valence-corrected chi connectivity index (χ3v) is 6.12. The number of pyridine rings is 1. The highest BCUT2D eigenvalue weighted by Crippen LogP contribution is 2.34. The maximum Gasteiger partial charge on any atom is 0.318 e. The molecular weight excluding hydrogens is 485 g/mol. The van der Waals surface area contributed by atoms with E-state index < -0.39 is 11.9 Å². The SMILES string of the molecule is COc1ccc(/C(=C\c2c(Cl)cncc2Cl)OC(=O)C(C)c2ccc(CC(C)C)cc2)cc1OC. The van der Waals surface area contributed by atoms with E-state index in [0.717, 1.165) is 12.0 Å². The summed E-state index contributed by atoms with van der Waals surface area (Å²) < 4.78 is 16.7. The highest BCUT2D eigenvalue weighted by Gasteiger charge is 2.21. The predicted molar refractivity (Wildman–Crippen MR) is 141 cm³/mol. The summed E-state index contributed by atoms with van der Waals surface area (Å²) in [5.41, 5.74) is 3.19. The first-order valence-electron chi connectivity index (χ1n) is 11.3. The van der Waals surface area contributed by atoms with Crippen LogP contribution in [0.2, 0.25) is 10.0 Å². The molecule has 1 aromatic heterocycles. The number of rotatable bonds is 9. The van der Waals surface area contributed by atoms with Crippen molar-refractivity contribution in [1.82, 2.24) is 4.98 Å². The first kappa shape index (κ1) is 26.6. The van der Waals surface area contributed by atoms with Gasteiger partial charge in [0.2, 0.25) is 0 Å². The molecule has 184 valence electrons. The van der Waals surface area contributed by atoms with Crippen LogP contribution in [0, 0.1) is 5.92 Å². The minimum Gasteiger partial charge on any atom is -0.493 e. The summed E-state index contributed by atoms with van der Waals surface area (Å²) in [6.45, 7) is 6.17. The maximum absolute atomic E-state index is 13.2. The Balaban J connectivity index is 1.97. The molecule has 0 amide bonds. The lowest BCUT2D eigenvalue weighted by Gasteiger charge is -2.16. The molecule has 0 radical (unpaired) electrons. The summed E-state index contributed by atoms with van der Waals surface area (Å²) in [7, 11) is 3.09. The molecule has 7 heteroatoms. The van der Waals surface area contributed by atoms with Gasteiger partial charge in [0.15, 0.2) is 11.5 Å². The van der Waals surface area contributed by atoms with Gasteiger partial charge >= 0.3 is 5.97 Å². The molecule has 0 aliphatic carbocycles. The molecule has 35 heavy (non-hydrogen) atoms. The summed E-state index contributed by atoms with van der Waals surface area (Å²) in [5.74, 6) is 0.974. The number of halogens is 2. The number of esters is 1. The fourth-order valence-electron chi connectivity index (χ4n) is 3.60. The molecule has 3 aromatic rings. The molecule has 0 fully saturated rings. The van der Waals surface area contributed by atoms with Gasteiger partial charge in [-0.15, -0.1) is 0 Å². The van der Waals surface area contributed by atoms with E-state index in [1.54, 1.807) is 38.5 Å². The van der Waals surface area contributed by atoms with Crippen molar-refractivity contribution in [2.24, 2.45) is 5.92 Å². The first-order chi connectivity index (χ1) is 16.7. The van der Waals surface area contributed by atoms with Gasteiger partial charge in [-0.1, -0.05) is 61.3 Å². The minimum atomic E-state index is -0.491. The second kappa shape index (κ2) is 12.1. The molecule has 1 unspecified atom stereocenters. The summed E-state index contributed by atoms with van der Waals surface area (Å²) in [6, 6.07) is 13.3. The Morgan fingerprint density at radius 2 is 1.57 bits per heavy atom. The Kier molecular flexibility index (Phi) is 9.19. The van der Waals surface area contributed by atoms with Gasteiger partial charge in [0.05, 0.1) is 30.2 Å². The molecule has 3 rings (SSSR count). The van der Waals surface area contributed by atoms with Crippen LogP contribution in [-0.2, 0) is 16.0 Å². The van der Waals surface area contributed by atoms with Crippen LogP contribution < -0.4 is 9.47 Å². The van der Waals surface area contributed by atoms with Crippen LogP contribution in [0.15, 0.2) is 54.9 Å². The molecule has 0 bridgehead atoms. The number of hydrogen-bond acceptors (Lipinski definition) is 5. The number of carbonyl (C=O) groups is 1. The smallest absolute Gasteiger partial charge is 0.318 e. The van der Waals surface area contributed by atoms with E-state index in [1.807, 2.05) is 19.1 Å². The van der Waals surface area contributed by atoms with Gasteiger partial charge in [-0.05, 0) is 54.7 Å². The zero-order valence-corrected chi connectivity index (χ0v) is 22.0. The van der Waals surface area contributed by atoms with Crippen molar-refractivity contribution in [2.75, 3.05) is 14.2 Å². The number of methoxy groups -OCH3 is 2. The van der Waals surface area contributed by atoms with Crippen molar-refractivity contribution < 1.29 is 19.0 Å². The van der Waals surface area contributed by atoms with Gasteiger partial charge in [-0.25, -0.2) is 0 Å². The van der Waals surface area contributed by atoms with Crippen LogP contribution in [0.4, 0.5) is 0 Å². The van der Waals surface area contributed by atoms with Gasteiger partial charge < -0.3 is 14.2 Å². The molecule has 5 nitrogen and oxygen atoms in total. The molecule has 0 aliphatic heterocycles. The van der Waals surface area contributed by atoms with Crippen LogP contribution in [-0.4, -0.2) is 25.2 Å². The van der Waals surface area contributed by atoms with Crippen LogP contribution in [0.3, 0.4) is 0 Å². The molecule has 0 spiro atoms. The Labute approximate surface area is 216 Å². The lowest BCUT2D eigenvalue weighted by molar-refractivity contribution is -0.137. The molecule has 1 heterocycles.